The van der Waals surface area contributed by atoms with Crippen molar-refractivity contribution < 1.29 is 9.59 Å². The molecule has 1 aliphatic heterocycles. The van der Waals surface area contributed by atoms with E-state index in [0.29, 0.717) is 37.4 Å². The Hall–Kier alpha value is -2.97. The van der Waals surface area contributed by atoms with Crippen LogP contribution in [0.1, 0.15) is 19.8 Å². The van der Waals surface area contributed by atoms with Crippen molar-refractivity contribution in [1.82, 2.24) is 30.4 Å². The monoisotopic (exact) mass is 343 g/mol. The SMILES string of the molecule is CCn1nnc(-c2cccc(NC(=O)N[C@H]3CCC(=O)N(C)C3)c2)n1. The maximum absolute atomic E-state index is 12.2. The number of hydrogen-bond donors (Lipinski definition) is 2. The number of carbonyl (C=O) groups excluding carboxylic acids is 2. The first-order chi connectivity index (χ1) is 12.0. The van der Waals surface area contributed by atoms with Crippen LogP contribution in [0.15, 0.2) is 24.3 Å². The van der Waals surface area contributed by atoms with Gasteiger partial charge in [-0.25, -0.2) is 4.79 Å². The predicted octanol–water partition coefficient (Wildman–Crippen LogP) is 1.10. The van der Waals surface area contributed by atoms with E-state index in [1.807, 2.05) is 19.1 Å². The lowest BCUT2D eigenvalue weighted by molar-refractivity contribution is -0.132. The lowest BCUT2D eigenvalue weighted by Gasteiger charge is -2.30. The molecule has 1 aromatic heterocycles. The summed E-state index contributed by atoms with van der Waals surface area (Å²) < 4.78 is 0. The Labute approximate surface area is 145 Å². The molecule has 9 nitrogen and oxygen atoms in total. The zero-order chi connectivity index (χ0) is 17.8. The number of carbonyl (C=O) groups is 2. The molecule has 132 valence electrons. The fourth-order valence-corrected chi connectivity index (χ4v) is 2.71. The summed E-state index contributed by atoms with van der Waals surface area (Å²) in [6.45, 7) is 3.10. The smallest absolute Gasteiger partial charge is 0.319 e. The Morgan fingerprint density at radius 2 is 2.24 bits per heavy atom. The molecule has 0 aliphatic carbocycles. The van der Waals surface area contributed by atoms with E-state index in [9.17, 15) is 9.59 Å². The minimum absolute atomic E-state index is 0.0444. The number of nitrogens with zero attached hydrogens (tertiary/aromatic N) is 5. The third-order valence-electron chi connectivity index (χ3n) is 4.08. The number of amides is 3. The number of tetrazole rings is 1. The first-order valence-electron chi connectivity index (χ1n) is 8.25. The van der Waals surface area contributed by atoms with Gasteiger partial charge in [-0.2, -0.15) is 4.80 Å². The van der Waals surface area contributed by atoms with E-state index in [0.717, 1.165) is 5.56 Å². The summed E-state index contributed by atoms with van der Waals surface area (Å²) in [6, 6.07) is 6.94. The molecule has 1 saturated heterocycles. The summed E-state index contributed by atoms with van der Waals surface area (Å²) >= 11 is 0. The van der Waals surface area contributed by atoms with Crippen molar-refractivity contribution in [2.24, 2.45) is 0 Å². The van der Waals surface area contributed by atoms with Crippen molar-refractivity contribution in [3.05, 3.63) is 24.3 Å². The molecule has 1 atom stereocenters. The van der Waals surface area contributed by atoms with Gasteiger partial charge in [0.25, 0.3) is 0 Å². The molecule has 0 spiro atoms. The van der Waals surface area contributed by atoms with Crippen LogP contribution in [0, 0.1) is 0 Å². The van der Waals surface area contributed by atoms with Gasteiger partial charge in [0.15, 0.2) is 0 Å². The molecule has 0 bridgehead atoms. The molecule has 25 heavy (non-hydrogen) atoms. The number of nitrogens with one attached hydrogen (secondary N) is 2. The molecule has 3 amide bonds. The average molecular weight is 343 g/mol. The molecular formula is C16H21N7O2. The van der Waals surface area contributed by atoms with Crippen LogP contribution in [0.2, 0.25) is 0 Å². The van der Waals surface area contributed by atoms with Gasteiger partial charge in [0.2, 0.25) is 11.7 Å². The summed E-state index contributed by atoms with van der Waals surface area (Å²) in [5.74, 6) is 0.622. The summed E-state index contributed by atoms with van der Waals surface area (Å²) in [4.78, 5) is 26.8. The predicted molar refractivity (Wildman–Crippen MR) is 91.7 cm³/mol. The van der Waals surface area contributed by atoms with Crippen molar-refractivity contribution >= 4 is 17.6 Å². The van der Waals surface area contributed by atoms with Gasteiger partial charge in [-0.1, -0.05) is 12.1 Å². The molecule has 2 aromatic rings. The number of urea groups is 1. The third-order valence-corrected chi connectivity index (χ3v) is 4.08. The van der Waals surface area contributed by atoms with E-state index in [-0.39, 0.29) is 18.0 Å². The molecule has 1 aromatic carbocycles. The molecule has 0 unspecified atom stereocenters. The Balaban J connectivity index is 1.62. The van der Waals surface area contributed by atoms with Crippen LogP contribution in [0.3, 0.4) is 0 Å². The first-order valence-corrected chi connectivity index (χ1v) is 8.25. The van der Waals surface area contributed by atoms with Gasteiger partial charge in [-0.3, -0.25) is 4.79 Å². The van der Waals surface area contributed by atoms with E-state index in [1.54, 1.807) is 24.1 Å². The highest BCUT2D eigenvalue weighted by atomic mass is 16.2. The van der Waals surface area contributed by atoms with E-state index in [1.165, 1.54) is 4.80 Å². The van der Waals surface area contributed by atoms with Crippen molar-refractivity contribution in [3.63, 3.8) is 0 Å². The number of likely N-dealkylation sites (N-methyl/N-ethyl adjacent to an activating group) is 1. The van der Waals surface area contributed by atoms with E-state index in [2.05, 4.69) is 26.0 Å². The number of anilines is 1. The zero-order valence-corrected chi connectivity index (χ0v) is 14.3. The second-order valence-electron chi connectivity index (χ2n) is 5.99. The Morgan fingerprint density at radius 1 is 1.40 bits per heavy atom. The van der Waals surface area contributed by atoms with Crippen molar-refractivity contribution in [1.29, 1.82) is 0 Å². The van der Waals surface area contributed by atoms with Crippen molar-refractivity contribution in [2.75, 3.05) is 18.9 Å². The molecule has 2 N–H and O–H groups in total. The summed E-state index contributed by atoms with van der Waals surface area (Å²) in [5, 5.41) is 17.9. The minimum atomic E-state index is -0.296. The van der Waals surface area contributed by atoms with E-state index < -0.39 is 0 Å². The molecular weight excluding hydrogens is 322 g/mol. The average Bonchev–Trinajstić information content (AvgIpc) is 3.07. The fourth-order valence-electron chi connectivity index (χ4n) is 2.71. The van der Waals surface area contributed by atoms with Gasteiger partial charge in [-0.15, -0.1) is 10.2 Å². The molecule has 1 fully saturated rings. The van der Waals surface area contributed by atoms with Gasteiger partial charge >= 0.3 is 6.03 Å². The van der Waals surface area contributed by atoms with Crippen LogP contribution in [0.5, 0.6) is 0 Å². The number of aryl methyl sites for hydroxylation is 1. The molecule has 3 rings (SSSR count). The quantitative estimate of drug-likeness (QED) is 0.865. The van der Waals surface area contributed by atoms with Crippen molar-refractivity contribution in [3.8, 4) is 11.4 Å². The van der Waals surface area contributed by atoms with Crippen LogP contribution in [-0.2, 0) is 11.3 Å². The Kier molecular flexibility index (Phi) is 4.92. The molecule has 2 heterocycles. The number of aromatic nitrogens is 4. The number of rotatable bonds is 4. The van der Waals surface area contributed by atoms with Crippen LogP contribution >= 0.6 is 0 Å². The summed E-state index contributed by atoms with van der Waals surface area (Å²) in [7, 11) is 1.74. The largest absolute Gasteiger partial charge is 0.344 e. The maximum Gasteiger partial charge on any atom is 0.319 e. The normalized spacial score (nSPS) is 17.4. The first kappa shape index (κ1) is 16.9. The van der Waals surface area contributed by atoms with Gasteiger partial charge in [0.05, 0.1) is 6.54 Å². The van der Waals surface area contributed by atoms with Gasteiger partial charge in [0, 0.05) is 37.3 Å². The van der Waals surface area contributed by atoms with Gasteiger partial charge in [-0.05, 0) is 30.7 Å². The minimum Gasteiger partial charge on any atom is -0.344 e. The second kappa shape index (κ2) is 7.29. The summed E-state index contributed by atoms with van der Waals surface area (Å²) in [6.07, 6.45) is 1.11. The van der Waals surface area contributed by atoms with E-state index >= 15 is 0 Å². The van der Waals surface area contributed by atoms with Crippen LogP contribution in [0.25, 0.3) is 11.4 Å². The standard InChI is InChI=1S/C16H21N7O2/c1-3-23-20-15(19-21-23)11-5-4-6-12(9-11)17-16(25)18-13-7-8-14(24)22(2)10-13/h4-6,9,13H,3,7-8,10H2,1-2H3,(H2,17,18,25)/t13-/m0/s1. The number of likely N-dealkylation sites (tertiary alicyclic amines) is 1. The molecule has 0 radical (unpaired) electrons. The number of benzene rings is 1. The molecule has 0 saturated carbocycles. The lowest BCUT2D eigenvalue weighted by Crippen LogP contribution is -2.49. The second-order valence-corrected chi connectivity index (χ2v) is 5.99. The maximum atomic E-state index is 12.2. The number of hydrogen-bond acceptors (Lipinski definition) is 5. The zero-order valence-electron chi connectivity index (χ0n) is 14.3. The topological polar surface area (TPSA) is 105 Å². The van der Waals surface area contributed by atoms with Crippen LogP contribution in [-0.4, -0.2) is 56.7 Å². The Bertz CT molecular complexity index is 773. The van der Waals surface area contributed by atoms with Crippen LogP contribution < -0.4 is 10.6 Å². The molecule has 1 aliphatic rings. The highest BCUT2D eigenvalue weighted by molar-refractivity contribution is 5.90. The van der Waals surface area contributed by atoms with E-state index in [4.69, 9.17) is 0 Å². The number of piperidine rings is 1. The summed E-state index contributed by atoms with van der Waals surface area (Å²) in [5.41, 5.74) is 1.42. The van der Waals surface area contributed by atoms with Crippen molar-refractivity contribution in [2.45, 2.75) is 32.4 Å². The highest BCUT2D eigenvalue weighted by Gasteiger charge is 2.24. The van der Waals surface area contributed by atoms with Gasteiger partial charge < -0.3 is 15.5 Å². The fraction of sp³-hybridized carbons (Fsp3) is 0.438. The third kappa shape index (κ3) is 4.11. The van der Waals surface area contributed by atoms with Crippen LogP contribution in [0.4, 0.5) is 10.5 Å². The van der Waals surface area contributed by atoms with Gasteiger partial charge in [0.1, 0.15) is 0 Å². The highest BCUT2D eigenvalue weighted by Crippen LogP contribution is 2.19. The molecule has 9 heteroatoms. The lowest BCUT2D eigenvalue weighted by atomic mass is 10.1. The Morgan fingerprint density at radius 3 is 2.96 bits per heavy atom.